The maximum atomic E-state index is 12.8. The molecule has 33 heavy (non-hydrogen) atoms. The summed E-state index contributed by atoms with van der Waals surface area (Å²) in [5.74, 6) is 0.00775. The first-order valence-corrected chi connectivity index (χ1v) is 12.7. The first-order valence-electron chi connectivity index (χ1n) is 11.1. The van der Waals surface area contributed by atoms with E-state index in [0.29, 0.717) is 25.9 Å². The lowest BCUT2D eigenvalue weighted by molar-refractivity contribution is 0.174. The van der Waals surface area contributed by atoms with E-state index in [-0.39, 0.29) is 17.8 Å². The summed E-state index contributed by atoms with van der Waals surface area (Å²) in [4.78, 5) is 14.5. The standard InChI is InChI=1S/C26H29N3O3S/c1-28(26(30)27-24-14-12-23(13-15-24)22-10-6-3-7-11-22)25-16-18-29(19-17-25)33(31,32)20-21-8-4-2-5-9-21/h2-15,25H,16-20H2,1H3,(H,27,30). The number of benzene rings is 3. The smallest absolute Gasteiger partial charge is 0.321 e. The topological polar surface area (TPSA) is 69.7 Å². The second-order valence-electron chi connectivity index (χ2n) is 8.36. The van der Waals surface area contributed by atoms with E-state index in [1.165, 1.54) is 0 Å². The van der Waals surface area contributed by atoms with Crippen molar-refractivity contribution in [3.63, 3.8) is 0 Å². The van der Waals surface area contributed by atoms with Crippen LogP contribution in [0.4, 0.5) is 10.5 Å². The molecule has 172 valence electrons. The third-order valence-corrected chi connectivity index (χ3v) is 7.97. The van der Waals surface area contributed by atoms with Crippen LogP contribution < -0.4 is 5.32 Å². The van der Waals surface area contributed by atoms with Gasteiger partial charge < -0.3 is 10.2 Å². The Hall–Kier alpha value is -3.16. The number of sulfonamides is 1. The fourth-order valence-corrected chi connectivity index (χ4v) is 5.70. The Labute approximate surface area is 195 Å². The number of piperidine rings is 1. The molecule has 2 amide bonds. The Morgan fingerprint density at radius 1 is 0.879 bits per heavy atom. The first kappa shape index (κ1) is 23.0. The zero-order chi connectivity index (χ0) is 23.3. The number of urea groups is 1. The van der Waals surface area contributed by atoms with Crippen molar-refractivity contribution in [3.05, 3.63) is 90.5 Å². The average Bonchev–Trinajstić information content (AvgIpc) is 2.85. The molecule has 0 radical (unpaired) electrons. The molecule has 1 heterocycles. The number of rotatable bonds is 6. The number of nitrogens with zero attached hydrogens (tertiary/aromatic N) is 2. The summed E-state index contributed by atoms with van der Waals surface area (Å²) < 4.78 is 27.1. The van der Waals surface area contributed by atoms with Gasteiger partial charge in [0.05, 0.1) is 5.75 Å². The predicted molar refractivity (Wildman–Crippen MR) is 132 cm³/mol. The molecule has 1 fully saturated rings. The van der Waals surface area contributed by atoms with Crippen LogP contribution in [0.25, 0.3) is 11.1 Å². The van der Waals surface area contributed by atoms with Gasteiger partial charge in [-0.25, -0.2) is 17.5 Å². The molecule has 6 nitrogen and oxygen atoms in total. The Morgan fingerprint density at radius 2 is 1.42 bits per heavy atom. The number of hydrogen-bond acceptors (Lipinski definition) is 3. The highest BCUT2D eigenvalue weighted by Gasteiger charge is 2.31. The van der Waals surface area contributed by atoms with E-state index < -0.39 is 10.0 Å². The number of hydrogen-bond donors (Lipinski definition) is 1. The van der Waals surface area contributed by atoms with Crippen LogP contribution in [0.5, 0.6) is 0 Å². The third kappa shape index (κ3) is 5.80. The highest BCUT2D eigenvalue weighted by Crippen LogP contribution is 2.23. The molecule has 3 aromatic rings. The Balaban J connectivity index is 1.30. The molecule has 0 saturated carbocycles. The van der Waals surface area contributed by atoms with Crippen LogP contribution in [0, 0.1) is 0 Å². The van der Waals surface area contributed by atoms with Crippen LogP contribution in [0.1, 0.15) is 18.4 Å². The molecule has 1 N–H and O–H groups in total. The SMILES string of the molecule is CN(C(=O)Nc1ccc(-c2ccccc2)cc1)C1CCN(S(=O)(=O)Cc2ccccc2)CC1. The van der Waals surface area contributed by atoms with Gasteiger partial charge >= 0.3 is 6.03 Å². The van der Waals surface area contributed by atoms with E-state index in [0.717, 1.165) is 22.4 Å². The highest BCUT2D eigenvalue weighted by atomic mass is 32.2. The quantitative estimate of drug-likeness (QED) is 0.570. The van der Waals surface area contributed by atoms with Crippen LogP contribution in [-0.2, 0) is 15.8 Å². The largest absolute Gasteiger partial charge is 0.325 e. The summed E-state index contributed by atoms with van der Waals surface area (Å²) in [6, 6.07) is 26.9. The van der Waals surface area contributed by atoms with Crippen molar-refractivity contribution in [2.45, 2.75) is 24.6 Å². The van der Waals surface area contributed by atoms with Crippen LogP contribution in [0.3, 0.4) is 0 Å². The molecule has 0 aliphatic carbocycles. The van der Waals surface area contributed by atoms with E-state index >= 15 is 0 Å². The lowest BCUT2D eigenvalue weighted by atomic mass is 10.1. The minimum Gasteiger partial charge on any atom is -0.325 e. The van der Waals surface area contributed by atoms with Crippen LogP contribution >= 0.6 is 0 Å². The fourth-order valence-electron chi connectivity index (χ4n) is 4.14. The molecule has 0 bridgehead atoms. The van der Waals surface area contributed by atoms with Gasteiger partial charge in [0, 0.05) is 31.9 Å². The van der Waals surface area contributed by atoms with Gasteiger partial charge in [0.25, 0.3) is 0 Å². The van der Waals surface area contributed by atoms with Crippen molar-refractivity contribution in [1.29, 1.82) is 0 Å². The molecular weight excluding hydrogens is 434 g/mol. The van der Waals surface area contributed by atoms with Crippen molar-refractivity contribution < 1.29 is 13.2 Å². The summed E-state index contributed by atoms with van der Waals surface area (Å²) in [7, 11) is -1.60. The second-order valence-corrected chi connectivity index (χ2v) is 10.3. The number of nitrogens with one attached hydrogen (secondary N) is 1. The van der Waals surface area contributed by atoms with Crippen molar-refractivity contribution in [3.8, 4) is 11.1 Å². The molecule has 7 heteroatoms. The third-order valence-electron chi connectivity index (χ3n) is 6.12. The molecule has 1 saturated heterocycles. The summed E-state index contributed by atoms with van der Waals surface area (Å²) in [6.07, 6.45) is 1.23. The van der Waals surface area contributed by atoms with E-state index in [4.69, 9.17) is 0 Å². The molecular formula is C26H29N3O3S. The van der Waals surface area contributed by atoms with Crippen molar-refractivity contribution >= 4 is 21.7 Å². The van der Waals surface area contributed by atoms with Gasteiger partial charge in [-0.05, 0) is 41.7 Å². The van der Waals surface area contributed by atoms with E-state index in [9.17, 15) is 13.2 Å². The van der Waals surface area contributed by atoms with Crippen molar-refractivity contribution in [1.82, 2.24) is 9.21 Å². The van der Waals surface area contributed by atoms with E-state index in [2.05, 4.69) is 5.32 Å². The zero-order valence-electron chi connectivity index (χ0n) is 18.7. The van der Waals surface area contributed by atoms with Gasteiger partial charge in [-0.15, -0.1) is 0 Å². The van der Waals surface area contributed by atoms with Crippen molar-refractivity contribution in [2.75, 3.05) is 25.5 Å². The van der Waals surface area contributed by atoms with Gasteiger partial charge in [-0.1, -0.05) is 72.8 Å². The molecule has 0 aromatic heterocycles. The highest BCUT2D eigenvalue weighted by molar-refractivity contribution is 7.88. The van der Waals surface area contributed by atoms with E-state index in [1.807, 2.05) is 84.9 Å². The average molecular weight is 464 g/mol. The summed E-state index contributed by atoms with van der Waals surface area (Å²) >= 11 is 0. The number of anilines is 1. The van der Waals surface area contributed by atoms with Gasteiger partial charge in [0.15, 0.2) is 0 Å². The number of amides is 2. The fraction of sp³-hybridized carbons (Fsp3) is 0.269. The van der Waals surface area contributed by atoms with Gasteiger partial charge in [0.1, 0.15) is 0 Å². The number of carbonyl (C=O) groups is 1. The summed E-state index contributed by atoms with van der Waals surface area (Å²) in [5, 5.41) is 2.95. The van der Waals surface area contributed by atoms with Gasteiger partial charge in [0.2, 0.25) is 10.0 Å². The Bertz CT molecular complexity index is 1160. The Morgan fingerprint density at radius 3 is 2.03 bits per heavy atom. The lowest BCUT2D eigenvalue weighted by Gasteiger charge is -2.36. The number of carbonyl (C=O) groups excluding carboxylic acids is 1. The van der Waals surface area contributed by atoms with Crippen LogP contribution in [-0.4, -0.2) is 49.8 Å². The minimum atomic E-state index is -3.37. The molecule has 4 rings (SSSR count). The summed E-state index contributed by atoms with van der Waals surface area (Å²) in [5.41, 5.74) is 3.73. The van der Waals surface area contributed by atoms with E-state index in [1.54, 1.807) is 16.3 Å². The van der Waals surface area contributed by atoms with Crippen LogP contribution in [0.2, 0.25) is 0 Å². The van der Waals surface area contributed by atoms with Gasteiger partial charge in [-0.2, -0.15) is 0 Å². The van der Waals surface area contributed by atoms with Crippen molar-refractivity contribution in [2.24, 2.45) is 0 Å². The molecule has 1 aliphatic heterocycles. The maximum absolute atomic E-state index is 12.8. The minimum absolute atomic E-state index is 0.00299. The first-order chi connectivity index (χ1) is 15.9. The molecule has 3 aromatic carbocycles. The Kier molecular flexibility index (Phi) is 7.11. The monoisotopic (exact) mass is 463 g/mol. The molecule has 0 unspecified atom stereocenters. The summed E-state index contributed by atoms with van der Waals surface area (Å²) in [6.45, 7) is 0.840. The molecule has 1 aliphatic rings. The normalized spacial score (nSPS) is 15.2. The lowest BCUT2D eigenvalue weighted by Crippen LogP contribution is -2.48. The van der Waals surface area contributed by atoms with Crippen LogP contribution in [0.15, 0.2) is 84.9 Å². The van der Waals surface area contributed by atoms with Gasteiger partial charge in [-0.3, -0.25) is 0 Å². The molecule has 0 atom stereocenters. The zero-order valence-corrected chi connectivity index (χ0v) is 19.5. The molecule has 0 spiro atoms. The second kappa shape index (κ2) is 10.2. The maximum Gasteiger partial charge on any atom is 0.321 e. The predicted octanol–water partition coefficient (Wildman–Crippen LogP) is 4.81.